The number of hydrogen-bond donors (Lipinski definition) is 1. The average Bonchev–Trinajstić information content (AvgIpc) is 3.33. The molecule has 32 heavy (non-hydrogen) atoms. The van der Waals surface area contributed by atoms with Crippen molar-refractivity contribution in [3.8, 4) is 28.5 Å². The second-order valence-electron chi connectivity index (χ2n) is 7.40. The predicted octanol–water partition coefficient (Wildman–Crippen LogP) is 2.49. The normalized spacial score (nSPS) is 15.5. The molecule has 3 heterocycles. The molecule has 0 bridgehead atoms. The number of aromatic nitrogens is 3. The van der Waals surface area contributed by atoms with Gasteiger partial charge in [0.1, 0.15) is 5.82 Å². The number of H-pyrrole nitrogens is 1. The number of ether oxygens (including phenoxy) is 3. The van der Waals surface area contributed by atoms with E-state index in [-0.39, 0.29) is 17.4 Å². The largest absolute Gasteiger partial charge is 0.493 e. The number of nitrogens with zero attached hydrogens (tertiary/aromatic N) is 3. The second kappa shape index (κ2) is 9.09. The van der Waals surface area contributed by atoms with Gasteiger partial charge in [-0.15, -0.1) is 0 Å². The first-order chi connectivity index (χ1) is 15.5. The van der Waals surface area contributed by atoms with E-state index in [0.29, 0.717) is 53.8 Å². The third-order valence-corrected chi connectivity index (χ3v) is 5.51. The molecule has 9 nitrogen and oxygen atoms in total. The summed E-state index contributed by atoms with van der Waals surface area (Å²) in [4.78, 5) is 38.7. The van der Waals surface area contributed by atoms with Crippen LogP contribution in [0.25, 0.3) is 11.3 Å². The van der Waals surface area contributed by atoms with Gasteiger partial charge in [0.15, 0.2) is 11.5 Å². The first kappa shape index (κ1) is 21.4. The number of nitrogens with one attached hydrogen (secondary N) is 1. The summed E-state index contributed by atoms with van der Waals surface area (Å²) in [6.45, 7) is 0.988. The van der Waals surface area contributed by atoms with Crippen molar-refractivity contribution < 1.29 is 19.0 Å². The minimum absolute atomic E-state index is 0.0736. The molecule has 1 aliphatic rings. The Morgan fingerprint density at radius 2 is 1.75 bits per heavy atom. The molecule has 1 N–H and O–H groups in total. The molecule has 166 valence electrons. The number of amides is 1. The Balaban J connectivity index is 1.57. The third kappa shape index (κ3) is 4.14. The van der Waals surface area contributed by atoms with Crippen molar-refractivity contribution in [1.29, 1.82) is 0 Å². The quantitative estimate of drug-likeness (QED) is 0.633. The first-order valence-corrected chi connectivity index (χ1v) is 10.1. The van der Waals surface area contributed by atoms with Crippen LogP contribution in [-0.2, 0) is 0 Å². The van der Waals surface area contributed by atoms with Crippen LogP contribution >= 0.6 is 0 Å². The minimum Gasteiger partial charge on any atom is -0.493 e. The molecule has 0 aliphatic carbocycles. The number of aromatic amines is 1. The van der Waals surface area contributed by atoms with Gasteiger partial charge in [-0.05, 0) is 30.7 Å². The van der Waals surface area contributed by atoms with E-state index >= 15 is 0 Å². The van der Waals surface area contributed by atoms with E-state index < -0.39 is 0 Å². The average molecular weight is 436 g/mol. The number of methoxy groups -OCH3 is 3. The maximum absolute atomic E-state index is 13.2. The van der Waals surface area contributed by atoms with Gasteiger partial charge in [0.05, 0.1) is 27.0 Å². The highest BCUT2D eigenvalue weighted by Crippen LogP contribution is 2.39. The van der Waals surface area contributed by atoms with Crippen molar-refractivity contribution in [2.45, 2.75) is 12.3 Å². The van der Waals surface area contributed by atoms with Crippen molar-refractivity contribution in [3.63, 3.8) is 0 Å². The SMILES string of the molecule is COc1cc(C(=O)N2CC[C@H](c3nc(-c4ccncc4)cc(=O)[nH]3)C2)cc(OC)c1OC. The van der Waals surface area contributed by atoms with Crippen molar-refractivity contribution >= 4 is 5.91 Å². The molecule has 1 saturated heterocycles. The molecule has 3 aromatic rings. The number of carbonyl (C=O) groups excluding carboxylic acids is 1. The Kier molecular flexibility index (Phi) is 6.07. The summed E-state index contributed by atoms with van der Waals surface area (Å²) in [5, 5.41) is 0. The molecule has 2 aromatic heterocycles. The van der Waals surface area contributed by atoms with Gasteiger partial charge in [0.25, 0.3) is 11.5 Å². The van der Waals surface area contributed by atoms with Crippen LogP contribution in [-0.4, -0.2) is 60.2 Å². The summed E-state index contributed by atoms with van der Waals surface area (Å²) < 4.78 is 16.1. The Hall–Kier alpha value is -3.88. The van der Waals surface area contributed by atoms with E-state index in [0.717, 1.165) is 5.56 Å². The van der Waals surface area contributed by atoms with Gasteiger partial charge in [0.2, 0.25) is 5.75 Å². The lowest BCUT2D eigenvalue weighted by atomic mass is 10.1. The zero-order chi connectivity index (χ0) is 22.7. The van der Waals surface area contributed by atoms with Crippen LogP contribution in [0.4, 0.5) is 0 Å². The molecular formula is C23H24N4O5. The monoisotopic (exact) mass is 436 g/mol. The van der Waals surface area contributed by atoms with E-state index in [1.807, 2.05) is 0 Å². The van der Waals surface area contributed by atoms with Crippen LogP contribution in [0.3, 0.4) is 0 Å². The molecular weight excluding hydrogens is 412 g/mol. The zero-order valence-electron chi connectivity index (χ0n) is 18.1. The van der Waals surface area contributed by atoms with Crippen molar-refractivity contribution in [2.75, 3.05) is 34.4 Å². The van der Waals surface area contributed by atoms with Gasteiger partial charge in [-0.25, -0.2) is 4.98 Å². The van der Waals surface area contributed by atoms with E-state index in [1.165, 1.54) is 27.4 Å². The molecule has 0 saturated carbocycles. The molecule has 0 radical (unpaired) electrons. The highest BCUT2D eigenvalue weighted by Gasteiger charge is 2.31. The van der Waals surface area contributed by atoms with Gasteiger partial charge in [-0.2, -0.15) is 0 Å². The maximum Gasteiger partial charge on any atom is 0.254 e. The first-order valence-electron chi connectivity index (χ1n) is 10.1. The van der Waals surface area contributed by atoms with Crippen LogP contribution in [0, 0.1) is 0 Å². The van der Waals surface area contributed by atoms with Crippen LogP contribution in [0.15, 0.2) is 47.5 Å². The van der Waals surface area contributed by atoms with Crippen LogP contribution in [0.5, 0.6) is 17.2 Å². The Morgan fingerprint density at radius 3 is 2.38 bits per heavy atom. The Morgan fingerprint density at radius 1 is 1.06 bits per heavy atom. The number of benzene rings is 1. The lowest BCUT2D eigenvalue weighted by Crippen LogP contribution is -2.29. The summed E-state index contributed by atoms with van der Waals surface area (Å²) >= 11 is 0. The number of hydrogen-bond acceptors (Lipinski definition) is 7. The molecule has 1 atom stereocenters. The minimum atomic E-state index is -0.226. The predicted molar refractivity (Wildman–Crippen MR) is 117 cm³/mol. The van der Waals surface area contributed by atoms with Gasteiger partial charge in [-0.1, -0.05) is 0 Å². The fraction of sp³-hybridized carbons (Fsp3) is 0.304. The smallest absolute Gasteiger partial charge is 0.254 e. The molecule has 0 spiro atoms. The molecule has 4 rings (SSSR count). The number of rotatable bonds is 6. The third-order valence-electron chi connectivity index (χ3n) is 5.51. The molecule has 0 unspecified atom stereocenters. The second-order valence-corrected chi connectivity index (χ2v) is 7.40. The lowest BCUT2D eigenvalue weighted by Gasteiger charge is -2.19. The summed E-state index contributed by atoms with van der Waals surface area (Å²) in [6.07, 6.45) is 4.01. The van der Waals surface area contributed by atoms with E-state index in [9.17, 15) is 9.59 Å². The molecule has 9 heteroatoms. The lowest BCUT2D eigenvalue weighted by molar-refractivity contribution is 0.0789. The van der Waals surface area contributed by atoms with E-state index in [1.54, 1.807) is 41.6 Å². The van der Waals surface area contributed by atoms with Gasteiger partial charge in [-0.3, -0.25) is 14.6 Å². The fourth-order valence-electron chi connectivity index (χ4n) is 3.90. The highest BCUT2D eigenvalue weighted by molar-refractivity contribution is 5.96. The number of carbonyl (C=O) groups is 1. The Bertz CT molecular complexity index is 1150. The van der Waals surface area contributed by atoms with Gasteiger partial charge in [0, 0.05) is 48.6 Å². The molecule has 1 aromatic carbocycles. The summed E-state index contributed by atoms with van der Waals surface area (Å²) in [5.74, 6) is 1.61. The van der Waals surface area contributed by atoms with E-state index in [2.05, 4.69) is 15.0 Å². The number of likely N-dealkylation sites (tertiary alicyclic amines) is 1. The van der Waals surface area contributed by atoms with Crippen molar-refractivity contribution in [1.82, 2.24) is 19.9 Å². The highest BCUT2D eigenvalue weighted by atomic mass is 16.5. The Labute approximate surface area is 185 Å². The molecule has 1 aliphatic heterocycles. The van der Waals surface area contributed by atoms with Crippen LogP contribution < -0.4 is 19.8 Å². The summed E-state index contributed by atoms with van der Waals surface area (Å²) in [5.41, 5.74) is 1.61. The zero-order valence-corrected chi connectivity index (χ0v) is 18.1. The van der Waals surface area contributed by atoms with Gasteiger partial charge >= 0.3 is 0 Å². The standard InChI is InChI=1S/C23H24N4O5/c1-30-18-10-16(11-19(31-2)21(18)32-3)23(29)27-9-6-15(13-27)22-25-17(12-20(28)26-22)14-4-7-24-8-5-14/h4-5,7-8,10-12,15H,6,9,13H2,1-3H3,(H,25,26,28)/t15-/m0/s1. The topological polar surface area (TPSA) is 107 Å². The van der Waals surface area contributed by atoms with Crippen molar-refractivity contribution in [2.24, 2.45) is 0 Å². The maximum atomic E-state index is 13.2. The summed E-state index contributed by atoms with van der Waals surface area (Å²) in [7, 11) is 4.53. The number of pyridine rings is 1. The molecule has 1 fully saturated rings. The fourth-order valence-corrected chi connectivity index (χ4v) is 3.90. The van der Waals surface area contributed by atoms with Crippen molar-refractivity contribution in [3.05, 3.63) is 64.5 Å². The van der Waals surface area contributed by atoms with Crippen LogP contribution in [0.1, 0.15) is 28.5 Å². The van der Waals surface area contributed by atoms with Crippen LogP contribution in [0.2, 0.25) is 0 Å². The van der Waals surface area contributed by atoms with Gasteiger partial charge < -0.3 is 24.1 Å². The van der Waals surface area contributed by atoms with E-state index in [4.69, 9.17) is 14.2 Å². The molecule has 1 amide bonds. The summed E-state index contributed by atoms with van der Waals surface area (Å²) in [6, 6.07) is 8.36.